The Morgan fingerprint density at radius 2 is 1.96 bits per heavy atom. The molecule has 2 heterocycles. The van der Waals surface area contributed by atoms with Gasteiger partial charge in [-0.15, -0.1) is 0 Å². The van der Waals surface area contributed by atoms with E-state index in [9.17, 15) is 4.79 Å². The van der Waals surface area contributed by atoms with Gasteiger partial charge < -0.3 is 18.8 Å². The zero-order valence-electron chi connectivity index (χ0n) is 13.2. The number of rotatable bonds is 4. The van der Waals surface area contributed by atoms with Crippen LogP contribution in [0.25, 0.3) is 6.08 Å². The van der Waals surface area contributed by atoms with Gasteiger partial charge >= 0.3 is 0 Å². The molecule has 5 nitrogen and oxygen atoms in total. The minimum atomic E-state index is -0.0889. The Morgan fingerprint density at radius 1 is 1.17 bits per heavy atom. The van der Waals surface area contributed by atoms with Crippen LogP contribution in [-0.2, 0) is 11.3 Å². The van der Waals surface area contributed by atoms with Crippen LogP contribution >= 0.6 is 0 Å². The molecule has 0 radical (unpaired) electrons. The molecule has 1 aromatic heterocycles. The largest absolute Gasteiger partial charge is 0.486 e. The highest BCUT2D eigenvalue weighted by atomic mass is 16.6. The van der Waals surface area contributed by atoms with Crippen LogP contribution in [0.4, 0.5) is 0 Å². The molecule has 1 aromatic carbocycles. The molecular formula is C18H19NO4. The zero-order valence-corrected chi connectivity index (χ0v) is 13.2. The van der Waals surface area contributed by atoms with Gasteiger partial charge in [0, 0.05) is 19.7 Å². The van der Waals surface area contributed by atoms with E-state index < -0.39 is 0 Å². The molecule has 1 aliphatic rings. The molecule has 23 heavy (non-hydrogen) atoms. The molecule has 0 fully saturated rings. The Balaban J connectivity index is 1.63. The second-order valence-electron chi connectivity index (χ2n) is 5.45. The third-order valence-corrected chi connectivity index (χ3v) is 3.55. The third-order valence-electron chi connectivity index (χ3n) is 3.55. The normalized spacial score (nSPS) is 13.3. The number of furan rings is 1. The number of aryl methyl sites for hydroxylation is 1. The standard InChI is InChI=1S/C18H19NO4/c1-13-3-5-15(23-13)6-8-18(20)19(2)12-14-4-7-16-17(11-14)22-10-9-21-16/h3-8,11H,9-10,12H2,1-2H3/b8-6+. The number of amides is 1. The fourth-order valence-corrected chi connectivity index (χ4v) is 2.36. The molecule has 1 amide bonds. The fourth-order valence-electron chi connectivity index (χ4n) is 2.36. The molecule has 1 aliphatic heterocycles. The van der Waals surface area contributed by atoms with Gasteiger partial charge in [-0.05, 0) is 42.8 Å². The van der Waals surface area contributed by atoms with Crippen molar-refractivity contribution in [3.8, 4) is 11.5 Å². The maximum Gasteiger partial charge on any atom is 0.246 e. The molecule has 0 bridgehead atoms. The minimum Gasteiger partial charge on any atom is -0.486 e. The number of carbonyl (C=O) groups excluding carboxylic acids is 1. The lowest BCUT2D eigenvalue weighted by Crippen LogP contribution is -2.24. The van der Waals surface area contributed by atoms with Gasteiger partial charge in [0.25, 0.3) is 0 Å². The number of carbonyl (C=O) groups is 1. The molecule has 120 valence electrons. The van der Waals surface area contributed by atoms with Gasteiger partial charge in [0.05, 0.1) is 0 Å². The molecule has 2 aromatic rings. The summed E-state index contributed by atoms with van der Waals surface area (Å²) < 4.78 is 16.5. The average Bonchev–Trinajstić information content (AvgIpc) is 2.98. The van der Waals surface area contributed by atoms with Crippen LogP contribution in [0.5, 0.6) is 11.5 Å². The lowest BCUT2D eigenvalue weighted by molar-refractivity contribution is -0.125. The van der Waals surface area contributed by atoms with Crippen molar-refractivity contribution < 1.29 is 18.7 Å². The zero-order chi connectivity index (χ0) is 16.2. The van der Waals surface area contributed by atoms with Crippen molar-refractivity contribution in [3.05, 3.63) is 53.5 Å². The van der Waals surface area contributed by atoms with E-state index in [-0.39, 0.29) is 5.91 Å². The van der Waals surface area contributed by atoms with Gasteiger partial charge in [0.15, 0.2) is 11.5 Å². The van der Waals surface area contributed by atoms with Gasteiger partial charge in [-0.3, -0.25) is 4.79 Å². The summed E-state index contributed by atoms with van der Waals surface area (Å²) in [7, 11) is 1.76. The first kappa shape index (κ1) is 15.2. The summed E-state index contributed by atoms with van der Waals surface area (Å²) in [6.45, 7) is 3.49. The number of hydrogen-bond acceptors (Lipinski definition) is 4. The van der Waals surface area contributed by atoms with Gasteiger partial charge in [0.2, 0.25) is 5.91 Å². The summed E-state index contributed by atoms with van der Waals surface area (Å²) in [5.41, 5.74) is 0.993. The molecular weight excluding hydrogens is 294 g/mol. The summed E-state index contributed by atoms with van der Waals surface area (Å²) in [4.78, 5) is 13.8. The lowest BCUT2D eigenvalue weighted by atomic mass is 10.2. The first-order valence-electron chi connectivity index (χ1n) is 7.50. The lowest BCUT2D eigenvalue weighted by Gasteiger charge is -2.20. The summed E-state index contributed by atoms with van der Waals surface area (Å²) in [6, 6.07) is 9.43. The van der Waals surface area contributed by atoms with Gasteiger partial charge in [-0.1, -0.05) is 6.07 Å². The molecule has 0 atom stereocenters. The Kier molecular flexibility index (Phi) is 4.37. The fraction of sp³-hybridized carbons (Fsp3) is 0.278. The second kappa shape index (κ2) is 6.60. The molecule has 0 saturated heterocycles. The highest BCUT2D eigenvalue weighted by molar-refractivity contribution is 5.91. The molecule has 0 saturated carbocycles. The van der Waals surface area contributed by atoms with Crippen LogP contribution in [-0.4, -0.2) is 31.1 Å². The SMILES string of the molecule is Cc1ccc(/C=C/C(=O)N(C)Cc2ccc3c(c2)OCCO3)o1. The Morgan fingerprint density at radius 3 is 2.70 bits per heavy atom. The van der Waals surface area contributed by atoms with Crippen LogP contribution < -0.4 is 9.47 Å². The minimum absolute atomic E-state index is 0.0889. The van der Waals surface area contributed by atoms with Crippen molar-refractivity contribution >= 4 is 12.0 Å². The van der Waals surface area contributed by atoms with Crippen LogP contribution in [0.15, 0.2) is 40.8 Å². The van der Waals surface area contributed by atoms with Crippen LogP contribution in [0, 0.1) is 6.92 Å². The number of fused-ring (bicyclic) bond motifs is 1. The number of ether oxygens (including phenoxy) is 2. The van der Waals surface area contributed by atoms with E-state index in [1.807, 2.05) is 37.3 Å². The molecule has 3 rings (SSSR count). The van der Waals surface area contributed by atoms with Crippen LogP contribution in [0.3, 0.4) is 0 Å². The molecule has 0 unspecified atom stereocenters. The van der Waals surface area contributed by atoms with E-state index >= 15 is 0 Å². The monoisotopic (exact) mass is 313 g/mol. The number of nitrogens with zero attached hydrogens (tertiary/aromatic N) is 1. The van der Waals surface area contributed by atoms with Gasteiger partial charge in [-0.2, -0.15) is 0 Å². The van der Waals surface area contributed by atoms with E-state index in [0.717, 1.165) is 22.8 Å². The van der Waals surface area contributed by atoms with E-state index in [4.69, 9.17) is 13.9 Å². The van der Waals surface area contributed by atoms with Gasteiger partial charge in [-0.25, -0.2) is 0 Å². The van der Waals surface area contributed by atoms with Crippen LogP contribution in [0.1, 0.15) is 17.1 Å². The predicted molar refractivity (Wildman–Crippen MR) is 86.4 cm³/mol. The Labute approximate surface area is 135 Å². The van der Waals surface area contributed by atoms with Crippen molar-refractivity contribution in [2.24, 2.45) is 0 Å². The maximum absolute atomic E-state index is 12.2. The first-order valence-corrected chi connectivity index (χ1v) is 7.50. The summed E-state index contributed by atoms with van der Waals surface area (Å²) in [6.07, 6.45) is 3.19. The van der Waals surface area contributed by atoms with Crippen molar-refractivity contribution in [2.45, 2.75) is 13.5 Å². The van der Waals surface area contributed by atoms with Crippen molar-refractivity contribution in [3.63, 3.8) is 0 Å². The van der Waals surface area contributed by atoms with E-state index in [1.54, 1.807) is 18.0 Å². The second-order valence-corrected chi connectivity index (χ2v) is 5.45. The summed E-state index contributed by atoms with van der Waals surface area (Å²) >= 11 is 0. The number of likely N-dealkylation sites (N-methyl/N-ethyl adjacent to an activating group) is 1. The summed E-state index contributed by atoms with van der Waals surface area (Å²) in [5, 5.41) is 0. The Hall–Kier alpha value is -2.69. The molecule has 5 heteroatoms. The highest BCUT2D eigenvalue weighted by Crippen LogP contribution is 2.31. The Bertz CT molecular complexity index is 732. The van der Waals surface area contributed by atoms with E-state index in [1.165, 1.54) is 6.08 Å². The van der Waals surface area contributed by atoms with Crippen LogP contribution in [0.2, 0.25) is 0 Å². The third kappa shape index (κ3) is 3.74. The topological polar surface area (TPSA) is 51.9 Å². The smallest absolute Gasteiger partial charge is 0.246 e. The van der Waals surface area contributed by atoms with Gasteiger partial charge in [0.1, 0.15) is 24.7 Å². The highest BCUT2D eigenvalue weighted by Gasteiger charge is 2.13. The molecule has 0 aliphatic carbocycles. The predicted octanol–water partition coefficient (Wildman–Crippen LogP) is 3.03. The quantitative estimate of drug-likeness (QED) is 0.814. The first-order chi connectivity index (χ1) is 11.1. The maximum atomic E-state index is 12.2. The van der Waals surface area contributed by atoms with E-state index in [0.29, 0.717) is 25.5 Å². The van der Waals surface area contributed by atoms with Crippen molar-refractivity contribution in [1.82, 2.24) is 4.90 Å². The average molecular weight is 313 g/mol. The molecule has 0 N–H and O–H groups in total. The summed E-state index contributed by atoms with van der Waals surface area (Å²) in [5.74, 6) is 2.89. The molecule has 0 spiro atoms. The van der Waals surface area contributed by atoms with Crippen molar-refractivity contribution in [1.29, 1.82) is 0 Å². The van der Waals surface area contributed by atoms with E-state index in [2.05, 4.69) is 0 Å². The number of hydrogen-bond donors (Lipinski definition) is 0. The van der Waals surface area contributed by atoms with Crippen molar-refractivity contribution in [2.75, 3.05) is 20.3 Å². The number of benzene rings is 1.